The molecule has 16 heavy (non-hydrogen) atoms. The van der Waals surface area contributed by atoms with Gasteiger partial charge in [0.25, 0.3) is 0 Å². The van der Waals surface area contributed by atoms with Crippen LogP contribution in [0, 0.1) is 5.41 Å². The third kappa shape index (κ3) is 5.09. The molecule has 0 heterocycles. The highest BCUT2D eigenvalue weighted by atomic mass is 32.2. The molecule has 96 valence electrons. The van der Waals surface area contributed by atoms with Crippen molar-refractivity contribution >= 4 is 11.9 Å². The van der Waals surface area contributed by atoms with Gasteiger partial charge < -0.3 is 0 Å². The third-order valence-corrected chi connectivity index (χ3v) is 4.73. The van der Waals surface area contributed by atoms with E-state index in [2.05, 4.69) is 31.7 Å². The molecule has 1 nitrogen and oxygen atoms in total. The summed E-state index contributed by atoms with van der Waals surface area (Å²) in [4.78, 5) is 0. The highest BCUT2D eigenvalue weighted by molar-refractivity contribution is 7.96. The molecule has 1 fully saturated rings. The summed E-state index contributed by atoms with van der Waals surface area (Å²) >= 11 is 1.79. The Hall–Kier alpha value is 0.310. The van der Waals surface area contributed by atoms with Crippen molar-refractivity contribution in [2.24, 2.45) is 5.41 Å². The number of rotatable bonds is 2. The van der Waals surface area contributed by atoms with Gasteiger partial charge in [-0.3, -0.25) is 4.72 Å². The lowest BCUT2D eigenvalue weighted by molar-refractivity contribution is 0.227. The first-order valence-electron chi connectivity index (χ1n) is 6.78. The molecule has 0 saturated heterocycles. The molecule has 1 aliphatic carbocycles. The Morgan fingerprint density at radius 2 is 1.44 bits per heavy atom. The lowest BCUT2D eigenvalue weighted by Crippen LogP contribution is -2.39. The van der Waals surface area contributed by atoms with E-state index in [-0.39, 0.29) is 0 Å². The van der Waals surface area contributed by atoms with Crippen LogP contribution in [0.4, 0.5) is 0 Å². The summed E-state index contributed by atoms with van der Waals surface area (Å²) in [6, 6.07) is 0. The minimum atomic E-state index is 0.355. The van der Waals surface area contributed by atoms with Crippen LogP contribution >= 0.6 is 11.9 Å². The Kier molecular flexibility index (Phi) is 5.66. The Bertz CT molecular complexity index is 203. The van der Waals surface area contributed by atoms with Gasteiger partial charge in [-0.1, -0.05) is 51.5 Å². The van der Waals surface area contributed by atoms with E-state index in [1.807, 2.05) is 0 Å². The SMILES string of the molecule is CSNC1(C)CCCCCCC(C)(C)CC1. The molecule has 2 heteroatoms. The van der Waals surface area contributed by atoms with Gasteiger partial charge in [-0.15, -0.1) is 0 Å². The first-order chi connectivity index (χ1) is 7.47. The van der Waals surface area contributed by atoms with E-state index in [9.17, 15) is 0 Å². The summed E-state index contributed by atoms with van der Waals surface area (Å²) in [6.07, 6.45) is 13.2. The number of hydrogen-bond donors (Lipinski definition) is 1. The number of hydrogen-bond acceptors (Lipinski definition) is 2. The van der Waals surface area contributed by atoms with Crippen molar-refractivity contribution in [3.63, 3.8) is 0 Å². The number of nitrogens with one attached hydrogen (secondary N) is 1. The molecule has 0 radical (unpaired) electrons. The van der Waals surface area contributed by atoms with Gasteiger partial charge in [-0.05, 0) is 44.3 Å². The van der Waals surface area contributed by atoms with Crippen LogP contribution in [0.15, 0.2) is 0 Å². The molecule has 0 bridgehead atoms. The van der Waals surface area contributed by atoms with Crippen molar-refractivity contribution in [3.05, 3.63) is 0 Å². The average molecular weight is 243 g/mol. The maximum absolute atomic E-state index is 3.63. The summed E-state index contributed by atoms with van der Waals surface area (Å²) in [5, 5.41) is 0. The van der Waals surface area contributed by atoms with Crippen LogP contribution in [-0.2, 0) is 0 Å². The van der Waals surface area contributed by atoms with Crippen LogP contribution in [-0.4, -0.2) is 11.8 Å². The minimum Gasteiger partial charge on any atom is -0.258 e. The van der Waals surface area contributed by atoms with E-state index in [1.54, 1.807) is 11.9 Å². The third-order valence-electron chi connectivity index (χ3n) is 4.03. The fraction of sp³-hybridized carbons (Fsp3) is 1.00. The van der Waals surface area contributed by atoms with Crippen molar-refractivity contribution < 1.29 is 0 Å². The molecule has 1 aliphatic rings. The molecule has 0 amide bonds. The highest BCUT2D eigenvalue weighted by Crippen LogP contribution is 2.35. The van der Waals surface area contributed by atoms with Gasteiger partial charge in [0, 0.05) is 5.54 Å². The zero-order chi connectivity index (χ0) is 12.1. The first-order valence-corrected chi connectivity index (χ1v) is 8.00. The fourth-order valence-corrected chi connectivity index (χ4v) is 3.38. The van der Waals surface area contributed by atoms with Gasteiger partial charge in [0.15, 0.2) is 0 Å². The van der Waals surface area contributed by atoms with Crippen molar-refractivity contribution in [2.45, 2.75) is 77.7 Å². The van der Waals surface area contributed by atoms with Gasteiger partial charge in [0.05, 0.1) is 0 Å². The van der Waals surface area contributed by atoms with E-state index in [1.165, 1.54) is 51.4 Å². The molecule has 0 aromatic rings. The smallest absolute Gasteiger partial charge is 0.0254 e. The molecule has 1 saturated carbocycles. The summed E-state index contributed by atoms with van der Waals surface area (Å²) in [5.74, 6) is 0. The van der Waals surface area contributed by atoms with Crippen molar-refractivity contribution in [1.29, 1.82) is 0 Å². The summed E-state index contributed by atoms with van der Waals surface area (Å²) in [5.41, 5.74) is 0.896. The lowest BCUT2D eigenvalue weighted by Gasteiger charge is -2.35. The van der Waals surface area contributed by atoms with Crippen LogP contribution in [0.3, 0.4) is 0 Å². The van der Waals surface area contributed by atoms with Gasteiger partial charge in [-0.2, -0.15) is 0 Å². The summed E-state index contributed by atoms with van der Waals surface area (Å²) in [6.45, 7) is 7.28. The summed E-state index contributed by atoms with van der Waals surface area (Å²) in [7, 11) is 0. The highest BCUT2D eigenvalue weighted by Gasteiger charge is 2.28. The quantitative estimate of drug-likeness (QED) is 0.701. The molecule has 1 atom stereocenters. The molecular weight excluding hydrogens is 214 g/mol. The van der Waals surface area contributed by atoms with E-state index in [4.69, 9.17) is 0 Å². The Labute approximate surface area is 106 Å². The van der Waals surface area contributed by atoms with Gasteiger partial charge >= 0.3 is 0 Å². The maximum Gasteiger partial charge on any atom is 0.0254 e. The van der Waals surface area contributed by atoms with Crippen molar-refractivity contribution in [3.8, 4) is 0 Å². The molecular formula is C14H29NS. The van der Waals surface area contributed by atoms with Crippen molar-refractivity contribution in [2.75, 3.05) is 6.26 Å². The normalized spacial score (nSPS) is 32.2. The monoisotopic (exact) mass is 243 g/mol. The van der Waals surface area contributed by atoms with Crippen LogP contribution in [0.1, 0.15) is 72.1 Å². The topological polar surface area (TPSA) is 12.0 Å². The Balaban J connectivity index is 2.57. The summed E-state index contributed by atoms with van der Waals surface area (Å²) < 4.78 is 3.63. The second kappa shape index (κ2) is 6.30. The zero-order valence-electron chi connectivity index (χ0n) is 11.6. The second-order valence-electron chi connectivity index (χ2n) is 6.45. The van der Waals surface area contributed by atoms with E-state index in [0.717, 1.165) is 0 Å². The largest absolute Gasteiger partial charge is 0.258 e. The van der Waals surface area contributed by atoms with Crippen LogP contribution in [0.2, 0.25) is 0 Å². The predicted molar refractivity (Wildman–Crippen MR) is 75.8 cm³/mol. The molecule has 1 unspecified atom stereocenters. The fourth-order valence-electron chi connectivity index (χ4n) is 2.69. The second-order valence-corrected chi connectivity index (χ2v) is 7.06. The molecule has 1 rings (SSSR count). The molecule has 0 aromatic heterocycles. The molecule has 0 spiro atoms. The first kappa shape index (κ1) is 14.4. The standard InChI is InChI=1S/C14H29NS/c1-13(2)9-7-5-6-8-10-14(3,12-11-13)15-16-4/h15H,5-12H2,1-4H3. The van der Waals surface area contributed by atoms with Gasteiger partial charge in [-0.25, -0.2) is 0 Å². The predicted octanol–water partition coefficient (Wildman–Crippen LogP) is 4.77. The van der Waals surface area contributed by atoms with Crippen LogP contribution in [0.5, 0.6) is 0 Å². The Morgan fingerprint density at radius 1 is 0.812 bits per heavy atom. The Morgan fingerprint density at radius 3 is 2.06 bits per heavy atom. The van der Waals surface area contributed by atoms with Crippen molar-refractivity contribution in [1.82, 2.24) is 4.72 Å². The van der Waals surface area contributed by atoms with Crippen LogP contribution in [0.25, 0.3) is 0 Å². The lowest BCUT2D eigenvalue weighted by atomic mass is 9.76. The van der Waals surface area contributed by atoms with Gasteiger partial charge in [0.2, 0.25) is 0 Å². The van der Waals surface area contributed by atoms with E-state index >= 15 is 0 Å². The minimum absolute atomic E-state index is 0.355. The van der Waals surface area contributed by atoms with Gasteiger partial charge in [0.1, 0.15) is 0 Å². The zero-order valence-corrected chi connectivity index (χ0v) is 12.4. The molecule has 1 N–H and O–H groups in total. The molecule has 0 aliphatic heterocycles. The van der Waals surface area contributed by atoms with Crippen LogP contribution < -0.4 is 4.72 Å². The van der Waals surface area contributed by atoms with E-state index < -0.39 is 0 Å². The maximum atomic E-state index is 3.63. The average Bonchev–Trinajstić information content (AvgIpc) is 2.21. The molecule has 0 aromatic carbocycles. The van der Waals surface area contributed by atoms with E-state index in [0.29, 0.717) is 11.0 Å².